The number of ether oxygens (including phenoxy) is 2. The number of benzene rings is 1. The number of ketones is 1. The van der Waals surface area contributed by atoms with Crippen molar-refractivity contribution in [3.63, 3.8) is 0 Å². The molecule has 0 spiro atoms. The molecule has 0 radical (unpaired) electrons. The summed E-state index contributed by atoms with van der Waals surface area (Å²) in [6.45, 7) is 3.92. The molecule has 0 aliphatic carbocycles. The number of thiazole rings is 1. The molecule has 0 unspecified atom stereocenters. The number of rotatable bonds is 8. The minimum Gasteiger partial charge on any atom is -0.494 e. The van der Waals surface area contributed by atoms with Crippen LogP contribution < -0.4 is 4.74 Å². The number of nitrogens with zero attached hydrogens (tertiary/aromatic N) is 2. The topological polar surface area (TPSA) is 89.3 Å². The predicted octanol–water partition coefficient (Wildman–Crippen LogP) is 3.27. The summed E-state index contributed by atoms with van der Waals surface area (Å²) in [4.78, 5) is 28.3. The van der Waals surface area contributed by atoms with Crippen molar-refractivity contribution in [2.24, 2.45) is 0 Å². The normalized spacial score (nSPS) is 11.4. The van der Waals surface area contributed by atoms with E-state index < -0.39 is 24.3 Å². The molecule has 0 aliphatic rings. The molecular weight excluding hydrogens is 340 g/mol. The van der Waals surface area contributed by atoms with E-state index in [0.717, 1.165) is 12.1 Å². The maximum absolute atomic E-state index is 12.1. The summed E-state index contributed by atoms with van der Waals surface area (Å²) < 4.78 is 10.5. The van der Waals surface area contributed by atoms with Gasteiger partial charge < -0.3 is 9.47 Å². The minimum atomic E-state index is -1.02. The van der Waals surface area contributed by atoms with Crippen LogP contribution in [0.1, 0.15) is 40.3 Å². The Hall–Kier alpha value is -2.72. The Kier molecular flexibility index (Phi) is 6.66. The summed E-state index contributed by atoms with van der Waals surface area (Å²) in [5.74, 6) is -1.47. The van der Waals surface area contributed by atoms with Crippen LogP contribution in [-0.4, -0.2) is 30.0 Å². The van der Waals surface area contributed by atoms with Crippen LogP contribution >= 0.6 is 11.3 Å². The standard InChI is InChI=1S/C18H18N2O4S/c1-3-8-23-14-6-4-13(5-7-14)18(22)24-10-16(21)15(9-19)17-20-12(2)11-25-17/h4-7,11,15H,3,8,10H2,1-2H3/t15-/m0/s1. The van der Waals surface area contributed by atoms with E-state index in [2.05, 4.69) is 4.98 Å². The first kappa shape index (κ1) is 18.6. The fraction of sp³-hybridized carbons (Fsp3) is 0.333. The van der Waals surface area contributed by atoms with Crippen molar-refractivity contribution in [3.8, 4) is 11.8 Å². The minimum absolute atomic E-state index is 0.315. The van der Waals surface area contributed by atoms with Gasteiger partial charge in [-0.3, -0.25) is 4.79 Å². The lowest BCUT2D eigenvalue weighted by atomic mass is 10.1. The molecule has 0 saturated heterocycles. The number of hydrogen-bond acceptors (Lipinski definition) is 7. The summed E-state index contributed by atoms with van der Waals surface area (Å²) in [6.07, 6.45) is 0.893. The maximum Gasteiger partial charge on any atom is 0.338 e. The van der Waals surface area contributed by atoms with Crippen molar-refractivity contribution < 1.29 is 19.1 Å². The molecular formula is C18H18N2O4S. The highest BCUT2D eigenvalue weighted by atomic mass is 32.1. The Morgan fingerprint density at radius 2 is 2.04 bits per heavy atom. The summed E-state index contributed by atoms with van der Waals surface area (Å²) in [6, 6.07) is 8.40. The summed E-state index contributed by atoms with van der Waals surface area (Å²) in [7, 11) is 0. The summed E-state index contributed by atoms with van der Waals surface area (Å²) in [5, 5.41) is 11.4. The van der Waals surface area contributed by atoms with Gasteiger partial charge in [0, 0.05) is 11.1 Å². The molecule has 7 heteroatoms. The smallest absolute Gasteiger partial charge is 0.338 e. The van der Waals surface area contributed by atoms with Crippen molar-refractivity contribution >= 4 is 23.1 Å². The Morgan fingerprint density at radius 1 is 1.32 bits per heavy atom. The molecule has 1 aromatic heterocycles. The molecule has 25 heavy (non-hydrogen) atoms. The molecule has 0 aliphatic heterocycles. The van der Waals surface area contributed by atoms with Crippen LogP contribution in [0, 0.1) is 18.3 Å². The van der Waals surface area contributed by atoms with Crippen LogP contribution in [0.4, 0.5) is 0 Å². The van der Waals surface area contributed by atoms with Crippen molar-refractivity contribution in [1.82, 2.24) is 4.98 Å². The maximum atomic E-state index is 12.1. The second-order valence-electron chi connectivity index (χ2n) is 5.30. The van der Waals surface area contributed by atoms with Crippen LogP contribution in [0.3, 0.4) is 0 Å². The van der Waals surface area contributed by atoms with E-state index >= 15 is 0 Å². The van der Waals surface area contributed by atoms with Gasteiger partial charge in [0.1, 0.15) is 10.8 Å². The lowest BCUT2D eigenvalue weighted by Crippen LogP contribution is -2.19. The van der Waals surface area contributed by atoms with Gasteiger partial charge in [0.15, 0.2) is 18.3 Å². The largest absolute Gasteiger partial charge is 0.494 e. The van der Waals surface area contributed by atoms with E-state index in [9.17, 15) is 14.9 Å². The molecule has 1 atom stereocenters. The van der Waals surface area contributed by atoms with E-state index in [1.54, 1.807) is 36.6 Å². The molecule has 1 aromatic carbocycles. The first-order chi connectivity index (χ1) is 12.0. The fourth-order valence-electron chi connectivity index (χ4n) is 1.98. The van der Waals surface area contributed by atoms with Gasteiger partial charge in [-0.25, -0.2) is 9.78 Å². The first-order valence-electron chi connectivity index (χ1n) is 7.79. The van der Waals surface area contributed by atoms with Crippen molar-refractivity contribution in [2.75, 3.05) is 13.2 Å². The summed E-state index contributed by atoms with van der Waals surface area (Å²) >= 11 is 1.24. The van der Waals surface area contributed by atoms with E-state index in [1.807, 2.05) is 13.0 Å². The number of esters is 1. The Bertz CT molecular complexity index is 777. The average molecular weight is 358 g/mol. The van der Waals surface area contributed by atoms with Crippen LogP contribution in [0.15, 0.2) is 29.6 Å². The summed E-state index contributed by atoms with van der Waals surface area (Å²) in [5.41, 5.74) is 1.06. The van der Waals surface area contributed by atoms with Crippen LogP contribution in [0.25, 0.3) is 0 Å². The Balaban J connectivity index is 1.92. The van der Waals surface area contributed by atoms with Gasteiger partial charge in [-0.1, -0.05) is 6.92 Å². The highest BCUT2D eigenvalue weighted by Crippen LogP contribution is 2.21. The lowest BCUT2D eigenvalue weighted by Gasteiger charge is -2.08. The molecule has 1 heterocycles. The number of carbonyl (C=O) groups is 2. The Labute approximate surface area is 150 Å². The fourth-order valence-corrected chi connectivity index (χ4v) is 2.84. The van der Waals surface area contributed by atoms with Gasteiger partial charge in [-0.2, -0.15) is 5.26 Å². The monoisotopic (exact) mass is 358 g/mol. The number of carbonyl (C=O) groups excluding carboxylic acids is 2. The zero-order valence-corrected chi connectivity index (χ0v) is 14.8. The van der Waals surface area contributed by atoms with E-state index in [-0.39, 0.29) is 0 Å². The molecule has 2 aromatic rings. The quantitative estimate of drug-likeness (QED) is 0.673. The predicted molar refractivity (Wildman–Crippen MR) is 92.7 cm³/mol. The number of hydrogen-bond donors (Lipinski definition) is 0. The highest BCUT2D eigenvalue weighted by Gasteiger charge is 2.24. The third kappa shape index (κ3) is 5.13. The van der Waals surface area contributed by atoms with Crippen molar-refractivity contribution in [3.05, 3.63) is 45.9 Å². The molecule has 130 valence electrons. The van der Waals surface area contributed by atoms with Gasteiger partial charge in [-0.15, -0.1) is 11.3 Å². The molecule has 2 rings (SSSR count). The van der Waals surface area contributed by atoms with E-state index in [4.69, 9.17) is 9.47 Å². The highest BCUT2D eigenvalue weighted by molar-refractivity contribution is 7.09. The molecule has 0 fully saturated rings. The second-order valence-corrected chi connectivity index (χ2v) is 6.19. The van der Waals surface area contributed by atoms with E-state index in [1.165, 1.54) is 11.3 Å². The number of nitriles is 1. The van der Waals surface area contributed by atoms with Gasteiger partial charge in [0.25, 0.3) is 0 Å². The first-order valence-corrected chi connectivity index (χ1v) is 8.67. The second kappa shape index (κ2) is 8.94. The SMILES string of the molecule is CCCOc1ccc(C(=O)OCC(=O)[C@H](C#N)c2nc(C)cs2)cc1. The number of Topliss-reactive ketones (excluding diaryl/α,β-unsaturated/α-hetero) is 1. The molecule has 6 nitrogen and oxygen atoms in total. The van der Waals surface area contributed by atoms with Gasteiger partial charge in [0.05, 0.1) is 18.2 Å². The van der Waals surface area contributed by atoms with Crippen LogP contribution in [0.2, 0.25) is 0 Å². The third-order valence-electron chi connectivity index (χ3n) is 3.24. The average Bonchev–Trinajstić information content (AvgIpc) is 3.05. The zero-order valence-electron chi connectivity index (χ0n) is 14.0. The van der Waals surface area contributed by atoms with Crippen LogP contribution in [-0.2, 0) is 9.53 Å². The molecule has 0 saturated carbocycles. The lowest BCUT2D eigenvalue weighted by molar-refractivity contribution is -0.122. The van der Waals surface area contributed by atoms with Crippen LogP contribution in [0.5, 0.6) is 5.75 Å². The third-order valence-corrected chi connectivity index (χ3v) is 4.27. The van der Waals surface area contributed by atoms with E-state index in [0.29, 0.717) is 22.9 Å². The van der Waals surface area contributed by atoms with Crippen molar-refractivity contribution in [2.45, 2.75) is 26.2 Å². The molecule has 0 bridgehead atoms. The van der Waals surface area contributed by atoms with Gasteiger partial charge in [0.2, 0.25) is 0 Å². The molecule has 0 amide bonds. The van der Waals surface area contributed by atoms with Gasteiger partial charge >= 0.3 is 5.97 Å². The number of aryl methyl sites for hydroxylation is 1. The van der Waals surface area contributed by atoms with Gasteiger partial charge in [-0.05, 0) is 37.6 Å². The molecule has 0 N–H and O–H groups in total. The zero-order chi connectivity index (χ0) is 18.2. The Morgan fingerprint density at radius 3 is 2.60 bits per heavy atom. The number of aromatic nitrogens is 1. The van der Waals surface area contributed by atoms with Crippen molar-refractivity contribution in [1.29, 1.82) is 5.26 Å².